The second kappa shape index (κ2) is 11.9. The number of hydrogen-bond acceptors (Lipinski definition) is 7. The van der Waals surface area contributed by atoms with E-state index in [1.54, 1.807) is 36.4 Å². The molecule has 0 radical (unpaired) electrons. The minimum absolute atomic E-state index is 0.0710. The lowest BCUT2D eigenvalue weighted by atomic mass is 9.49. The number of halogens is 1. The van der Waals surface area contributed by atoms with E-state index in [4.69, 9.17) is 16.3 Å². The number of carbonyl (C=O) groups is 4. The molecule has 2 aliphatic carbocycles. The van der Waals surface area contributed by atoms with E-state index in [2.05, 4.69) is 5.43 Å². The predicted molar refractivity (Wildman–Crippen MR) is 187 cm³/mol. The van der Waals surface area contributed by atoms with Gasteiger partial charge in [0.25, 0.3) is 11.8 Å². The fraction of sp³-hybridized carbons (Fsp3) is 0.250. The highest BCUT2D eigenvalue weighted by molar-refractivity contribution is 6.31. The number of carbonyl (C=O) groups excluding carboxylic acids is 4. The van der Waals surface area contributed by atoms with Crippen molar-refractivity contribution in [2.24, 2.45) is 23.7 Å². The molecule has 0 spiro atoms. The summed E-state index contributed by atoms with van der Waals surface area (Å²) < 4.78 is 5.53. The van der Waals surface area contributed by atoms with Gasteiger partial charge in [-0.05, 0) is 85.3 Å². The number of rotatable bonds is 6. The number of aryl methyl sites for hydroxylation is 1. The Labute approximate surface area is 294 Å². The molecular formula is C40H34ClN3O6. The summed E-state index contributed by atoms with van der Waals surface area (Å²) in [7, 11) is 1.45. The van der Waals surface area contributed by atoms with Gasteiger partial charge in [-0.3, -0.25) is 29.5 Å². The average Bonchev–Trinajstić information content (AvgIpc) is 3.51. The highest BCUT2D eigenvalue weighted by Gasteiger charge is 2.70. The second-order valence-corrected chi connectivity index (χ2v) is 13.9. The molecule has 3 fully saturated rings. The van der Waals surface area contributed by atoms with Crippen LogP contribution < -0.4 is 15.1 Å². The van der Waals surface area contributed by atoms with Gasteiger partial charge < -0.3 is 9.84 Å². The van der Waals surface area contributed by atoms with Crippen LogP contribution in [0.3, 0.4) is 0 Å². The number of nitrogens with zero attached hydrogens (tertiary/aromatic N) is 2. The number of allylic oxidation sites excluding steroid dienone is 2. The van der Waals surface area contributed by atoms with Gasteiger partial charge in [-0.25, -0.2) is 0 Å². The number of hydrogen-bond donors (Lipinski definition) is 2. The maximum absolute atomic E-state index is 15.2. The van der Waals surface area contributed by atoms with Gasteiger partial charge in [-0.2, -0.15) is 5.01 Å². The molecule has 2 aliphatic heterocycles. The lowest BCUT2D eigenvalue weighted by Gasteiger charge is -2.50. The minimum Gasteiger partial charge on any atom is -0.504 e. The SMILES string of the molecule is COc1cc(C2C3=CCC4C(=O)N(c5ccc(Cl)cc5)C(=O)C4C3CC3C(=O)N(Nc4ccc(C)cc4)C(=O)C32c2ccccc2)ccc1O. The summed E-state index contributed by atoms with van der Waals surface area (Å²) in [4.78, 5) is 59.6. The molecule has 252 valence electrons. The number of phenols is 1. The van der Waals surface area contributed by atoms with Crippen molar-refractivity contribution >= 4 is 46.6 Å². The van der Waals surface area contributed by atoms with Crippen LogP contribution in [0.2, 0.25) is 5.02 Å². The van der Waals surface area contributed by atoms with Crippen LogP contribution in [-0.4, -0.2) is 40.9 Å². The van der Waals surface area contributed by atoms with Crippen LogP contribution in [-0.2, 0) is 24.6 Å². The first kappa shape index (κ1) is 31.8. The van der Waals surface area contributed by atoms with Crippen LogP contribution in [0.25, 0.3) is 0 Å². The van der Waals surface area contributed by atoms with E-state index in [0.717, 1.165) is 16.1 Å². The Morgan fingerprint density at radius 1 is 0.860 bits per heavy atom. The van der Waals surface area contributed by atoms with Crippen LogP contribution in [0.5, 0.6) is 11.5 Å². The number of hydrazine groups is 1. The zero-order valence-electron chi connectivity index (χ0n) is 27.4. The molecule has 2 N–H and O–H groups in total. The minimum atomic E-state index is -1.42. The van der Waals surface area contributed by atoms with E-state index in [-0.39, 0.29) is 29.7 Å². The highest BCUT2D eigenvalue weighted by Crippen LogP contribution is 2.64. The van der Waals surface area contributed by atoms with Crippen molar-refractivity contribution in [2.45, 2.75) is 31.1 Å². The van der Waals surface area contributed by atoms with Crippen molar-refractivity contribution in [3.63, 3.8) is 0 Å². The molecule has 2 heterocycles. The van der Waals surface area contributed by atoms with E-state index in [0.29, 0.717) is 33.9 Å². The van der Waals surface area contributed by atoms with Gasteiger partial charge in [-0.1, -0.05) is 77.3 Å². The Morgan fingerprint density at radius 2 is 1.58 bits per heavy atom. The Morgan fingerprint density at radius 3 is 2.28 bits per heavy atom. The molecule has 8 rings (SSSR count). The van der Waals surface area contributed by atoms with Crippen LogP contribution in [0.1, 0.15) is 35.4 Å². The molecule has 1 saturated carbocycles. The van der Waals surface area contributed by atoms with Crippen LogP contribution in [0.15, 0.2) is 109 Å². The van der Waals surface area contributed by atoms with Crippen LogP contribution in [0.4, 0.5) is 11.4 Å². The molecular weight excluding hydrogens is 654 g/mol. The van der Waals surface area contributed by atoms with Gasteiger partial charge in [0.15, 0.2) is 11.5 Å². The standard InChI is InChI=1S/C40H34ClN3O6/c1-22-8-13-26(14-9-22)42-44-37(47)31-21-30-28(17-18-29-34(30)38(48)43(36(29)46)27-15-11-25(41)12-16-27)35(23-10-19-32(45)33(20-23)50-2)40(31,39(44)49)24-6-4-3-5-7-24/h3-17,19-20,29-31,34-35,42,45H,18,21H2,1-2H3. The highest BCUT2D eigenvalue weighted by atomic mass is 35.5. The van der Waals surface area contributed by atoms with E-state index < -0.39 is 46.8 Å². The topological polar surface area (TPSA) is 116 Å². The Hall–Kier alpha value is -5.41. The zero-order chi connectivity index (χ0) is 34.9. The number of methoxy groups -OCH3 is 1. The van der Waals surface area contributed by atoms with Crippen molar-refractivity contribution in [3.8, 4) is 11.5 Å². The van der Waals surface area contributed by atoms with E-state index in [1.807, 2.05) is 67.6 Å². The van der Waals surface area contributed by atoms with Gasteiger partial charge in [0.2, 0.25) is 11.8 Å². The average molecular weight is 688 g/mol. The largest absolute Gasteiger partial charge is 0.504 e. The molecule has 0 bridgehead atoms. The maximum atomic E-state index is 15.2. The number of phenolic OH excluding ortho intramolecular Hbond substituents is 1. The number of imide groups is 2. The number of ether oxygens (including phenoxy) is 1. The molecule has 4 aliphatic rings. The number of nitrogens with one attached hydrogen (secondary N) is 1. The van der Waals surface area contributed by atoms with Gasteiger partial charge in [0.05, 0.1) is 41.7 Å². The van der Waals surface area contributed by atoms with E-state index >= 15 is 4.79 Å². The van der Waals surface area contributed by atoms with Crippen molar-refractivity contribution < 1.29 is 29.0 Å². The van der Waals surface area contributed by atoms with E-state index in [9.17, 15) is 19.5 Å². The molecule has 50 heavy (non-hydrogen) atoms. The molecule has 0 aromatic heterocycles. The van der Waals surface area contributed by atoms with Crippen molar-refractivity contribution in [3.05, 3.63) is 130 Å². The quantitative estimate of drug-likeness (QED) is 0.174. The van der Waals surface area contributed by atoms with Gasteiger partial charge in [-0.15, -0.1) is 0 Å². The molecule has 4 aromatic rings. The number of benzene rings is 4. The summed E-state index contributed by atoms with van der Waals surface area (Å²) in [5.41, 5.74) is 5.85. The third-order valence-electron chi connectivity index (χ3n) is 11.0. The van der Waals surface area contributed by atoms with Gasteiger partial charge in [0.1, 0.15) is 0 Å². The van der Waals surface area contributed by atoms with Crippen LogP contribution >= 0.6 is 11.6 Å². The summed E-state index contributed by atoms with van der Waals surface area (Å²) in [5.74, 6) is -4.84. The van der Waals surface area contributed by atoms with E-state index in [1.165, 1.54) is 18.1 Å². The molecule has 9 nitrogen and oxygen atoms in total. The fourth-order valence-corrected chi connectivity index (χ4v) is 8.97. The Balaban J connectivity index is 1.32. The number of aromatic hydroxyl groups is 1. The normalized spacial score (nSPS) is 27.1. The molecule has 6 atom stereocenters. The fourth-order valence-electron chi connectivity index (χ4n) is 8.84. The lowest BCUT2D eigenvalue weighted by Crippen LogP contribution is -2.53. The smallest absolute Gasteiger partial charge is 0.260 e. The summed E-state index contributed by atoms with van der Waals surface area (Å²) in [6, 6.07) is 28.3. The zero-order valence-corrected chi connectivity index (χ0v) is 28.1. The first-order chi connectivity index (χ1) is 24.1. The first-order valence-electron chi connectivity index (χ1n) is 16.6. The molecule has 2 saturated heterocycles. The third-order valence-corrected chi connectivity index (χ3v) is 11.3. The Bertz CT molecular complexity index is 2080. The first-order valence-corrected chi connectivity index (χ1v) is 17.0. The Kier molecular flexibility index (Phi) is 7.56. The van der Waals surface area contributed by atoms with Gasteiger partial charge in [0, 0.05) is 10.9 Å². The molecule has 4 aromatic carbocycles. The molecule has 6 unspecified atom stereocenters. The van der Waals surface area contributed by atoms with Crippen molar-refractivity contribution in [1.29, 1.82) is 0 Å². The number of amides is 4. The van der Waals surface area contributed by atoms with Crippen molar-refractivity contribution in [1.82, 2.24) is 5.01 Å². The van der Waals surface area contributed by atoms with Crippen LogP contribution in [0, 0.1) is 30.6 Å². The van der Waals surface area contributed by atoms with Crippen molar-refractivity contribution in [2.75, 3.05) is 17.4 Å². The summed E-state index contributed by atoms with van der Waals surface area (Å²) in [6.07, 6.45) is 2.47. The maximum Gasteiger partial charge on any atom is 0.260 e. The monoisotopic (exact) mass is 687 g/mol. The second-order valence-electron chi connectivity index (χ2n) is 13.5. The summed E-state index contributed by atoms with van der Waals surface area (Å²) in [6.45, 7) is 1.96. The van der Waals surface area contributed by atoms with Gasteiger partial charge >= 0.3 is 0 Å². The molecule has 10 heteroatoms. The third kappa shape index (κ3) is 4.60. The summed E-state index contributed by atoms with van der Waals surface area (Å²) >= 11 is 6.13. The summed E-state index contributed by atoms with van der Waals surface area (Å²) in [5, 5.41) is 12.2. The predicted octanol–water partition coefficient (Wildman–Crippen LogP) is 6.55. The number of fused-ring (bicyclic) bond motifs is 4. The number of anilines is 2. The lowest BCUT2D eigenvalue weighted by molar-refractivity contribution is -0.138. The molecule has 4 amide bonds.